The molecule has 1 heterocycles. The van der Waals surface area contributed by atoms with Gasteiger partial charge in [-0.1, -0.05) is 19.4 Å². The van der Waals surface area contributed by atoms with E-state index in [0.29, 0.717) is 6.42 Å². The Hall–Kier alpha value is -1.45. The highest BCUT2D eigenvalue weighted by atomic mass is 32.2. The number of sulfonamides is 1. The van der Waals surface area contributed by atoms with Crippen molar-refractivity contribution >= 4 is 33.2 Å². The van der Waals surface area contributed by atoms with Crippen molar-refractivity contribution in [1.82, 2.24) is 10.0 Å². The highest BCUT2D eigenvalue weighted by Crippen LogP contribution is 2.16. The van der Waals surface area contributed by atoms with Crippen molar-refractivity contribution in [2.24, 2.45) is 0 Å². The molecule has 0 radical (unpaired) electrons. The number of carbonyl (C=O) groups excluding carboxylic acids is 1. The van der Waals surface area contributed by atoms with Crippen LogP contribution in [0, 0.1) is 0 Å². The van der Waals surface area contributed by atoms with Gasteiger partial charge in [-0.2, -0.15) is 4.72 Å². The summed E-state index contributed by atoms with van der Waals surface area (Å²) in [6.45, 7) is 4.57. The zero-order chi connectivity index (χ0) is 17.0. The number of aliphatic carboxylic acids is 1. The maximum atomic E-state index is 12.1. The first kappa shape index (κ1) is 18.6. The summed E-state index contributed by atoms with van der Waals surface area (Å²) in [6.07, 6.45) is 0.816. The fourth-order valence-electron chi connectivity index (χ4n) is 1.86. The fourth-order valence-corrected chi connectivity index (χ4v) is 4.08. The first-order valence-electron chi connectivity index (χ1n) is 6.73. The van der Waals surface area contributed by atoms with Gasteiger partial charge in [0.25, 0.3) is 10.0 Å². The highest BCUT2D eigenvalue weighted by molar-refractivity contribution is 7.91. The smallest absolute Gasteiger partial charge is 0.329 e. The molecule has 0 fully saturated rings. The summed E-state index contributed by atoms with van der Waals surface area (Å²) in [5.41, 5.74) is -1.42. The predicted molar refractivity (Wildman–Crippen MR) is 83.2 cm³/mol. The Kier molecular flexibility index (Phi) is 6.09. The monoisotopic (exact) mass is 348 g/mol. The van der Waals surface area contributed by atoms with Crippen molar-refractivity contribution in [2.75, 3.05) is 0 Å². The quantitative estimate of drug-likeness (QED) is 0.653. The van der Waals surface area contributed by atoms with Crippen LogP contribution < -0.4 is 10.0 Å². The number of rotatable bonds is 8. The maximum Gasteiger partial charge on any atom is 0.329 e. The summed E-state index contributed by atoms with van der Waals surface area (Å²) in [7, 11) is -3.79. The molecule has 2 unspecified atom stereocenters. The molecule has 0 bridgehead atoms. The molecule has 0 saturated carbocycles. The lowest BCUT2D eigenvalue weighted by Crippen LogP contribution is -2.57. The normalized spacial score (nSPS) is 15.8. The Balaban J connectivity index is 2.79. The zero-order valence-electron chi connectivity index (χ0n) is 12.6. The van der Waals surface area contributed by atoms with Gasteiger partial charge in [0, 0.05) is 0 Å². The van der Waals surface area contributed by atoms with E-state index in [1.165, 1.54) is 19.9 Å². The average Bonchev–Trinajstić information content (AvgIpc) is 2.92. The SMILES string of the molecule is CCCC(C)(NC(=O)C(C)NS(=O)(=O)c1cccs1)C(=O)O. The van der Waals surface area contributed by atoms with Crippen LogP contribution in [0.3, 0.4) is 0 Å². The van der Waals surface area contributed by atoms with E-state index in [9.17, 15) is 23.1 Å². The lowest BCUT2D eigenvalue weighted by Gasteiger charge is -2.27. The van der Waals surface area contributed by atoms with Gasteiger partial charge in [0.15, 0.2) is 0 Å². The molecule has 0 aliphatic heterocycles. The van der Waals surface area contributed by atoms with Gasteiger partial charge in [0.05, 0.1) is 6.04 Å². The molecule has 1 aromatic heterocycles. The Bertz CT molecular complexity index is 627. The highest BCUT2D eigenvalue weighted by Gasteiger charge is 2.35. The minimum Gasteiger partial charge on any atom is -0.480 e. The third kappa shape index (κ3) is 4.52. The number of carboxylic acids is 1. The first-order valence-corrected chi connectivity index (χ1v) is 9.10. The number of amides is 1. The van der Waals surface area contributed by atoms with Crippen molar-refractivity contribution in [3.63, 3.8) is 0 Å². The summed E-state index contributed by atoms with van der Waals surface area (Å²) in [5.74, 6) is -1.84. The zero-order valence-corrected chi connectivity index (χ0v) is 14.3. The van der Waals surface area contributed by atoms with E-state index in [0.717, 1.165) is 11.3 Å². The van der Waals surface area contributed by atoms with Gasteiger partial charge in [-0.15, -0.1) is 11.3 Å². The van der Waals surface area contributed by atoms with Gasteiger partial charge in [-0.3, -0.25) is 4.79 Å². The minimum absolute atomic E-state index is 0.0988. The van der Waals surface area contributed by atoms with Crippen LogP contribution in [-0.2, 0) is 19.6 Å². The Morgan fingerprint density at radius 1 is 1.45 bits per heavy atom. The second-order valence-electron chi connectivity index (χ2n) is 5.15. The number of hydrogen-bond donors (Lipinski definition) is 3. The van der Waals surface area contributed by atoms with Gasteiger partial charge in [0.1, 0.15) is 9.75 Å². The summed E-state index contributed by atoms with van der Waals surface area (Å²) in [6, 6.07) is 1.94. The average molecular weight is 348 g/mol. The third-order valence-corrected chi connectivity index (χ3v) is 6.04. The Morgan fingerprint density at radius 3 is 2.55 bits per heavy atom. The molecule has 3 N–H and O–H groups in total. The molecule has 1 aromatic rings. The van der Waals surface area contributed by atoms with Crippen molar-refractivity contribution in [3.05, 3.63) is 17.5 Å². The van der Waals surface area contributed by atoms with Crippen LogP contribution in [0.1, 0.15) is 33.6 Å². The topological polar surface area (TPSA) is 113 Å². The molecular formula is C13H20N2O5S2. The van der Waals surface area contributed by atoms with Crippen LogP contribution in [0.2, 0.25) is 0 Å². The molecule has 7 nitrogen and oxygen atoms in total. The van der Waals surface area contributed by atoms with Crippen molar-refractivity contribution < 1.29 is 23.1 Å². The van der Waals surface area contributed by atoms with Crippen molar-refractivity contribution in [2.45, 2.75) is 49.4 Å². The summed E-state index contributed by atoms with van der Waals surface area (Å²) in [5, 5.41) is 13.2. The molecule has 0 aliphatic carbocycles. The molecule has 22 heavy (non-hydrogen) atoms. The van der Waals surface area contributed by atoms with E-state index in [1.54, 1.807) is 18.4 Å². The van der Waals surface area contributed by atoms with E-state index in [4.69, 9.17) is 0 Å². The van der Waals surface area contributed by atoms with Gasteiger partial charge >= 0.3 is 5.97 Å². The molecule has 124 valence electrons. The number of nitrogens with one attached hydrogen (secondary N) is 2. The van der Waals surface area contributed by atoms with Gasteiger partial charge in [-0.25, -0.2) is 13.2 Å². The summed E-state index contributed by atoms with van der Waals surface area (Å²) in [4.78, 5) is 23.4. The molecule has 0 saturated heterocycles. The van der Waals surface area contributed by atoms with E-state index < -0.39 is 33.5 Å². The van der Waals surface area contributed by atoms with E-state index in [1.807, 2.05) is 0 Å². The molecular weight excluding hydrogens is 328 g/mol. The van der Waals surface area contributed by atoms with E-state index in [2.05, 4.69) is 10.0 Å². The summed E-state index contributed by atoms with van der Waals surface area (Å²) >= 11 is 1.03. The number of carboxylic acid groups (broad SMARTS) is 1. The number of carbonyl (C=O) groups is 2. The molecule has 0 spiro atoms. The second kappa shape index (κ2) is 7.21. The van der Waals surface area contributed by atoms with Crippen LogP contribution in [0.5, 0.6) is 0 Å². The lowest BCUT2D eigenvalue weighted by atomic mass is 9.96. The van der Waals surface area contributed by atoms with Crippen LogP contribution in [0.15, 0.2) is 21.7 Å². The molecule has 0 aromatic carbocycles. The van der Waals surface area contributed by atoms with Crippen LogP contribution >= 0.6 is 11.3 Å². The first-order chi connectivity index (χ1) is 10.1. The predicted octanol–water partition coefficient (Wildman–Crippen LogP) is 1.17. The van der Waals surface area contributed by atoms with Crippen molar-refractivity contribution in [1.29, 1.82) is 0 Å². The number of hydrogen-bond acceptors (Lipinski definition) is 5. The molecule has 2 atom stereocenters. The van der Waals surface area contributed by atoms with E-state index in [-0.39, 0.29) is 10.6 Å². The molecule has 0 aliphatic rings. The van der Waals surface area contributed by atoms with Gasteiger partial charge < -0.3 is 10.4 Å². The standard InChI is InChI=1S/C13H20N2O5S2/c1-4-7-13(3,12(17)18)14-11(16)9(2)15-22(19,20)10-6-5-8-21-10/h5-6,8-9,15H,4,7H2,1-3H3,(H,14,16)(H,17,18). The van der Waals surface area contributed by atoms with Crippen LogP contribution in [0.4, 0.5) is 0 Å². The van der Waals surface area contributed by atoms with Crippen LogP contribution in [0.25, 0.3) is 0 Å². The molecule has 1 rings (SSSR count). The van der Waals surface area contributed by atoms with Crippen LogP contribution in [-0.4, -0.2) is 37.0 Å². The largest absolute Gasteiger partial charge is 0.480 e. The number of thiophene rings is 1. The third-order valence-electron chi connectivity index (χ3n) is 3.11. The summed E-state index contributed by atoms with van der Waals surface area (Å²) < 4.78 is 26.4. The maximum absolute atomic E-state index is 12.1. The fraction of sp³-hybridized carbons (Fsp3) is 0.538. The second-order valence-corrected chi connectivity index (χ2v) is 8.04. The van der Waals surface area contributed by atoms with Crippen molar-refractivity contribution in [3.8, 4) is 0 Å². The van der Waals surface area contributed by atoms with Gasteiger partial charge in [0.2, 0.25) is 5.91 Å². The Morgan fingerprint density at radius 2 is 2.09 bits per heavy atom. The lowest BCUT2D eigenvalue weighted by molar-refractivity contribution is -0.147. The minimum atomic E-state index is -3.79. The van der Waals surface area contributed by atoms with Gasteiger partial charge in [-0.05, 0) is 31.7 Å². The molecule has 1 amide bonds. The molecule has 9 heteroatoms. The Labute approximate surface area is 133 Å². The van der Waals surface area contributed by atoms with E-state index >= 15 is 0 Å².